The van der Waals surface area contributed by atoms with Crippen molar-refractivity contribution in [2.45, 2.75) is 13.0 Å². The lowest BCUT2D eigenvalue weighted by molar-refractivity contribution is 0.269. The lowest BCUT2D eigenvalue weighted by Crippen LogP contribution is -2.30. The number of hydrogen-bond acceptors (Lipinski definition) is 3. The number of pyridine rings is 1. The molecule has 2 heterocycles. The topological polar surface area (TPSA) is 25.4 Å². The second-order valence-corrected chi connectivity index (χ2v) is 6.93. The molecule has 0 spiro atoms. The molecule has 3 aromatic rings. The van der Waals surface area contributed by atoms with E-state index in [4.69, 9.17) is 4.74 Å². The van der Waals surface area contributed by atoms with Crippen molar-refractivity contribution in [1.29, 1.82) is 0 Å². The predicted molar refractivity (Wildman–Crippen MR) is 110 cm³/mol. The van der Waals surface area contributed by atoms with Crippen LogP contribution in [0.1, 0.15) is 16.7 Å². The Hall–Kier alpha value is -2.91. The lowest BCUT2D eigenvalue weighted by Gasteiger charge is -2.26. The zero-order valence-corrected chi connectivity index (χ0v) is 15.4. The summed E-state index contributed by atoms with van der Waals surface area (Å²) in [6.45, 7) is 3.48. The summed E-state index contributed by atoms with van der Waals surface area (Å²) in [5.41, 5.74) is 5.15. The van der Waals surface area contributed by atoms with Crippen LogP contribution in [0, 0.1) is 0 Å². The number of nitrogens with zero attached hydrogens (tertiary/aromatic N) is 2. The largest absolute Gasteiger partial charge is 0.489 e. The molecular weight excluding hydrogens is 332 g/mol. The molecule has 0 amide bonds. The number of hydrogen-bond donors (Lipinski definition) is 0. The van der Waals surface area contributed by atoms with Crippen LogP contribution in [-0.2, 0) is 13.0 Å². The summed E-state index contributed by atoms with van der Waals surface area (Å²) in [5.74, 6) is 0.978. The minimum atomic E-state index is 0.662. The molecule has 3 nitrogen and oxygen atoms in total. The van der Waals surface area contributed by atoms with E-state index in [1.807, 2.05) is 24.5 Å². The summed E-state index contributed by atoms with van der Waals surface area (Å²) < 4.78 is 5.94. The normalized spacial score (nSPS) is 13.0. The molecule has 0 bridgehead atoms. The number of para-hydroxylation sites is 1. The Morgan fingerprint density at radius 1 is 0.815 bits per heavy atom. The van der Waals surface area contributed by atoms with E-state index < -0.39 is 0 Å². The molecule has 0 aliphatic carbocycles. The van der Waals surface area contributed by atoms with Crippen molar-refractivity contribution in [3.05, 3.63) is 101 Å². The van der Waals surface area contributed by atoms with Gasteiger partial charge >= 0.3 is 0 Å². The Balaban J connectivity index is 1.48. The van der Waals surface area contributed by atoms with Gasteiger partial charge in [-0.05, 0) is 47.4 Å². The van der Waals surface area contributed by atoms with Gasteiger partial charge in [-0.1, -0.05) is 48.5 Å². The second-order valence-electron chi connectivity index (χ2n) is 6.93. The van der Waals surface area contributed by atoms with Gasteiger partial charge in [0.25, 0.3) is 0 Å². The summed E-state index contributed by atoms with van der Waals surface area (Å²) in [4.78, 5) is 6.63. The van der Waals surface area contributed by atoms with Crippen molar-refractivity contribution in [2.75, 3.05) is 19.7 Å². The number of fused-ring (bicyclic) bond motifs is 1. The van der Waals surface area contributed by atoms with E-state index in [-0.39, 0.29) is 0 Å². The van der Waals surface area contributed by atoms with Gasteiger partial charge in [0.15, 0.2) is 0 Å². The number of rotatable bonds is 7. The average molecular weight is 356 g/mol. The fourth-order valence-electron chi connectivity index (χ4n) is 3.43. The van der Waals surface area contributed by atoms with Crippen LogP contribution in [0.25, 0.3) is 6.08 Å². The Bertz CT molecular complexity index is 891. The van der Waals surface area contributed by atoms with E-state index in [0.29, 0.717) is 6.61 Å². The minimum Gasteiger partial charge on any atom is -0.489 e. The van der Waals surface area contributed by atoms with Gasteiger partial charge in [0.05, 0.1) is 0 Å². The summed E-state index contributed by atoms with van der Waals surface area (Å²) in [7, 11) is 0. The summed E-state index contributed by atoms with van der Waals surface area (Å²) in [6, 6.07) is 23.1. The highest BCUT2D eigenvalue weighted by Crippen LogP contribution is 2.26. The van der Waals surface area contributed by atoms with Crippen molar-refractivity contribution in [3.8, 4) is 5.75 Å². The first-order chi connectivity index (χ1) is 13.4. The molecule has 0 saturated heterocycles. The fraction of sp³-hybridized carbons (Fsp3) is 0.208. The SMILES string of the molecule is C1=C(CN(CCc2ccccc2)Cc2ccncc2)COc2ccccc21. The summed E-state index contributed by atoms with van der Waals surface area (Å²) >= 11 is 0. The maximum Gasteiger partial charge on any atom is 0.127 e. The van der Waals surface area contributed by atoms with E-state index in [1.165, 1.54) is 22.3 Å². The number of aromatic nitrogens is 1. The quantitative estimate of drug-likeness (QED) is 0.618. The van der Waals surface area contributed by atoms with Crippen LogP contribution < -0.4 is 4.74 Å². The molecule has 1 aliphatic heterocycles. The van der Waals surface area contributed by atoms with Gasteiger partial charge in [-0.2, -0.15) is 0 Å². The van der Waals surface area contributed by atoms with Crippen molar-refractivity contribution in [2.24, 2.45) is 0 Å². The van der Waals surface area contributed by atoms with Gasteiger partial charge in [-0.3, -0.25) is 9.88 Å². The Morgan fingerprint density at radius 2 is 1.59 bits per heavy atom. The van der Waals surface area contributed by atoms with Crippen molar-refractivity contribution in [3.63, 3.8) is 0 Å². The van der Waals surface area contributed by atoms with Gasteiger partial charge in [-0.25, -0.2) is 0 Å². The molecule has 4 rings (SSSR count). The molecule has 2 aromatic carbocycles. The van der Waals surface area contributed by atoms with E-state index >= 15 is 0 Å². The van der Waals surface area contributed by atoms with Crippen molar-refractivity contribution in [1.82, 2.24) is 9.88 Å². The van der Waals surface area contributed by atoms with Gasteiger partial charge in [-0.15, -0.1) is 0 Å². The third-order valence-electron chi connectivity index (χ3n) is 4.83. The van der Waals surface area contributed by atoms with Gasteiger partial charge in [0.1, 0.15) is 12.4 Å². The molecule has 1 aliphatic rings. The molecule has 27 heavy (non-hydrogen) atoms. The van der Waals surface area contributed by atoms with Crippen LogP contribution in [0.5, 0.6) is 5.75 Å². The predicted octanol–water partition coefficient (Wildman–Crippen LogP) is 4.60. The fourth-order valence-corrected chi connectivity index (χ4v) is 3.43. The number of benzene rings is 2. The Morgan fingerprint density at radius 3 is 2.44 bits per heavy atom. The smallest absolute Gasteiger partial charge is 0.127 e. The standard InChI is InChI=1S/C24H24N2O/c1-2-6-20(7-3-1)12-15-26(17-21-10-13-25-14-11-21)18-22-16-23-8-4-5-9-24(23)27-19-22/h1-11,13-14,16H,12,15,17-19H2. The highest BCUT2D eigenvalue weighted by atomic mass is 16.5. The maximum atomic E-state index is 5.94. The van der Waals surface area contributed by atoms with E-state index in [1.54, 1.807) is 0 Å². The highest BCUT2D eigenvalue weighted by Gasteiger charge is 2.14. The molecule has 3 heteroatoms. The number of ether oxygens (including phenoxy) is 1. The molecular formula is C24H24N2O. The second kappa shape index (κ2) is 8.65. The lowest BCUT2D eigenvalue weighted by atomic mass is 10.1. The van der Waals surface area contributed by atoms with Crippen LogP contribution in [0.4, 0.5) is 0 Å². The van der Waals surface area contributed by atoms with Crippen LogP contribution in [0.2, 0.25) is 0 Å². The zero-order valence-electron chi connectivity index (χ0n) is 15.4. The molecule has 0 unspecified atom stereocenters. The van der Waals surface area contributed by atoms with Crippen LogP contribution in [-0.4, -0.2) is 29.6 Å². The van der Waals surface area contributed by atoms with E-state index in [9.17, 15) is 0 Å². The molecule has 136 valence electrons. The molecule has 0 radical (unpaired) electrons. The molecule has 0 N–H and O–H groups in total. The van der Waals surface area contributed by atoms with Gasteiger partial charge in [0.2, 0.25) is 0 Å². The molecule has 0 atom stereocenters. The maximum absolute atomic E-state index is 5.94. The molecule has 1 aromatic heterocycles. The monoisotopic (exact) mass is 356 g/mol. The van der Waals surface area contributed by atoms with E-state index in [2.05, 4.69) is 70.6 Å². The third kappa shape index (κ3) is 4.83. The van der Waals surface area contributed by atoms with Crippen molar-refractivity contribution >= 4 is 6.08 Å². The van der Waals surface area contributed by atoms with Gasteiger partial charge < -0.3 is 4.74 Å². The first-order valence-corrected chi connectivity index (χ1v) is 9.43. The zero-order chi connectivity index (χ0) is 18.3. The molecule has 0 fully saturated rings. The van der Waals surface area contributed by atoms with E-state index in [0.717, 1.165) is 31.8 Å². The highest BCUT2D eigenvalue weighted by molar-refractivity contribution is 5.62. The Labute approximate surface area is 160 Å². The summed E-state index contributed by atoms with van der Waals surface area (Å²) in [6.07, 6.45) is 7.05. The van der Waals surface area contributed by atoms with Crippen LogP contribution in [0.15, 0.2) is 84.7 Å². The first kappa shape index (κ1) is 17.5. The van der Waals surface area contributed by atoms with Crippen LogP contribution >= 0.6 is 0 Å². The molecule has 0 saturated carbocycles. The van der Waals surface area contributed by atoms with Gasteiger partial charge in [0, 0.05) is 37.6 Å². The minimum absolute atomic E-state index is 0.662. The first-order valence-electron chi connectivity index (χ1n) is 9.43. The Kier molecular flexibility index (Phi) is 5.61. The average Bonchev–Trinajstić information content (AvgIpc) is 2.73. The third-order valence-corrected chi connectivity index (χ3v) is 4.83. The van der Waals surface area contributed by atoms with Crippen molar-refractivity contribution < 1.29 is 4.74 Å². The van der Waals surface area contributed by atoms with Crippen LogP contribution in [0.3, 0.4) is 0 Å². The summed E-state index contributed by atoms with van der Waals surface area (Å²) in [5, 5.41) is 0.